The standard InChI is InChI=1S/C20H28N2O3/c1-3-22-17-10-9-15(13-16(17)20(2)11-12-24-18(20)22)25-19(23)21-14-7-5-4-6-8-14/h9-10,13-14,18H,3-8,11-12H2,1-2H3,(H,21,23)/t18-,20-/m0/s1. The minimum absolute atomic E-state index is 0.0233. The maximum Gasteiger partial charge on any atom is 0.412 e. The fraction of sp³-hybridized carbons (Fsp3) is 0.650. The number of carbonyl (C=O) groups excluding carboxylic acids is 1. The largest absolute Gasteiger partial charge is 0.412 e. The van der Waals surface area contributed by atoms with Crippen LogP contribution in [0.3, 0.4) is 0 Å². The van der Waals surface area contributed by atoms with Crippen molar-refractivity contribution in [2.75, 3.05) is 18.1 Å². The van der Waals surface area contributed by atoms with Crippen molar-refractivity contribution in [3.63, 3.8) is 0 Å². The minimum atomic E-state index is -0.332. The molecule has 0 aromatic heterocycles. The molecule has 5 nitrogen and oxygen atoms in total. The Hall–Kier alpha value is -1.75. The van der Waals surface area contributed by atoms with Crippen LogP contribution in [-0.2, 0) is 10.2 Å². The van der Waals surface area contributed by atoms with Gasteiger partial charge in [0.15, 0.2) is 0 Å². The number of nitrogens with zero attached hydrogens (tertiary/aromatic N) is 1. The number of hydrogen-bond donors (Lipinski definition) is 1. The molecule has 2 heterocycles. The lowest BCUT2D eigenvalue weighted by Gasteiger charge is -2.28. The molecule has 136 valence electrons. The fourth-order valence-corrected chi connectivity index (χ4v) is 4.69. The number of ether oxygens (including phenoxy) is 2. The van der Waals surface area contributed by atoms with Gasteiger partial charge in [-0.2, -0.15) is 0 Å². The van der Waals surface area contributed by atoms with Crippen LogP contribution in [0.1, 0.15) is 57.9 Å². The molecule has 1 saturated heterocycles. The van der Waals surface area contributed by atoms with Crippen molar-refractivity contribution in [1.82, 2.24) is 5.32 Å². The van der Waals surface area contributed by atoms with Gasteiger partial charge in [0.25, 0.3) is 0 Å². The number of anilines is 1. The molecular weight excluding hydrogens is 316 g/mol. The summed E-state index contributed by atoms with van der Waals surface area (Å²) in [5, 5.41) is 3.01. The van der Waals surface area contributed by atoms with Crippen LogP contribution in [0, 0.1) is 0 Å². The highest BCUT2D eigenvalue weighted by Crippen LogP contribution is 2.51. The summed E-state index contributed by atoms with van der Waals surface area (Å²) in [4.78, 5) is 14.6. The molecule has 2 aliphatic heterocycles. The molecule has 2 atom stereocenters. The van der Waals surface area contributed by atoms with Gasteiger partial charge in [-0.05, 0) is 49.9 Å². The summed E-state index contributed by atoms with van der Waals surface area (Å²) in [6, 6.07) is 6.26. The second kappa shape index (κ2) is 6.52. The van der Waals surface area contributed by atoms with Gasteiger partial charge in [0.1, 0.15) is 12.0 Å². The highest BCUT2D eigenvalue weighted by molar-refractivity contribution is 5.72. The van der Waals surface area contributed by atoms with Crippen LogP contribution < -0.4 is 15.0 Å². The number of hydrogen-bond acceptors (Lipinski definition) is 4. The Bertz CT molecular complexity index is 656. The third-order valence-electron chi connectivity index (χ3n) is 6.10. The zero-order valence-electron chi connectivity index (χ0n) is 15.2. The van der Waals surface area contributed by atoms with E-state index < -0.39 is 0 Å². The minimum Gasteiger partial charge on any atom is -0.410 e. The SMILES string of the molecule is CCN1c2ccc(OC(=O)NC3CCCCC3)cc2[C@]2(C)CCO[C@H]12. The van der Waals surface area contributed by atoms with Gasteiger partial charge in [-0.15, -0.1) is 0 Å². The number of amides is 1. The molecule has 0 bridgehead atoms. The molecule has 2 fully saturated rings. The molecule has 5 heteroatoms. The molecule has 25 heavy (non-hydrogen) atoms. The number of likely N-dealkylation sites (N-methyl/N-ethyl adjacent to an activating group) is 1. The smallest absolute Gasteiger partial charge is 0.410 e. The van der Waals surface area contributed by atoms with Crippen molar-refractivity contribution in [2.24, 2.45) is 0 Å². The Morgan fingerprint density at radius 2 is 2.16 bits per heavy atom. The molecule has 1 aliphatic carbocycles. The predicted octanol–water partition coefficient (Wildman–Crippen LogP) is 3.95. The summed E-state index contributed by atoms with van der Waals surface area (Å²) >= 11 is 0. The average molecular weight is 344 g/mol. The molecule has 0 unspecified atom stereocenters. The van der Waals surface area contributed by atoms with E-state index in [1.807, 2.05) is 12.1 Å². The summed E-state index contributed by atoms with van der Waals surface area (Å²) in [5.74, 6) is 0.622. The highest BCUT2D eigenvalue weighted by atomic mass is 16.6. The molecule has 1 saturated carbocycles. The predicted molar refractivity (Wildman–Crippen MR) is 97.2 cm³/mol. The quantitative estimate of drug-likeness (QED) is 0.902. The van der Waals surface area contributed by atoms with Crippen LogP contribution >= 0.6 is 0 Å². The number of carbonyl (C=O) groups is 1. The summed E-state index contributed by atoms with van der Waals surface area (Å²) < 4.78 is 11.6. The van der Waals surface area contributed by atoms with E-state index >= 15 is 0 Å². The molecule has 1 aromatic carbocycles. The van der Waals surface area contributed by atoms with E-state index in [-0.39, 0.29) is 23.8 Å². The van der Waals surface area contributed by atoms with Crippen molar-refractivity contribution in [3.05, 3.63) is 23.8 Å². The Kier molecular flexibility index (Phi) is 4.36. The topological polar surface area (TPSA) is 50.8 Å². The van der Waals surface area contributed by atoms with Crippen molar-refractivity contribution in [3.8, 4) is 5.75 Å². The van der Waals surface area contributed by atoms with E-state index in [1.165, 1.54) is 30.5 Å². The van der Waals surface area contributed by atoms with Crippen molar-refractivity contribution in [1.29, 1.82) is 0 Å². The van der Waals surface area contributed by atoms with E-state index in [4.69, 9.17) is 9.47 Å². The first kappa shape index (κ1) is 16.7. The van der Waals surface area contributed by atoms with Gasteiger partial charge in [-0.1, -0.05) is 26.2 Å². The molecule has 4 rings (SSSR count). The number of benzene rings is 1. The highest BCUT2D eigenvalue weighted by Gasteiger charge is 2.51. The lowest BCUT2D eigenvalue weighted by Crippen LogP contribution is -2.40. The van der Waals surface area contributed by atoms with Crippen LogP contribution in [0.5, 0.6) is 5.75 Å². The van der Waals surface area contributed by atoms with Gasteiger partial charge >= 0.3 is 6.09 Å². The van der Waals surface area contributed by atoms with E-state index in [9.17, 15) is 4.79 Å². The molecular formula is C20H28N2O3. The Balaban J connectivity index is 1.50. The van der Waals surface area contributed by atoms with Crippen molar-refractivity contribution >= 4 is 11.8 Å². The third-order valence-corrected chi connectivity index (χ3v) is 6.10. The molecule has 1 amide bonds. The second-order valence-corrected chi connectivity index (χ2v) is 7.72. The van der Waals surface area contributed by atoms with Crippen LogP contribution in [0.15, 0.2) is 18.2 Å². The number of rotatable bonds is 3. The second-order valence-electron chi connectivity index (χ2n) is 7.72. The fourth-order valence-electron chi connectivity index (χ4n) is 4.69. The van der Waals surface area contributed by atoms with E-state index in [0.717, 1.165) is 32.4 Å². The monoisotopic (exact) mass is 344 g/mol. The van der Waals surface area contributed by atoms with Crippen LogP contribution in [-0.4, -0.2) is 31.5 Å². The first-order valence-electron chi connectivity index (χ1n) is 9.63. The third kappa shape index (κ3) is 2.88. The van der Waals surface area contributed by atoms with Gasteiger partial charge in [-0.3, -0.25) is 0 Å². The maximum absolute atomic E-state index is 12.2. The molecule has 0 radical (unpaired) electrons. The van der Waals surface area contributed by atoms with Gasteiger partial charge in [0.2, 0.25) is 0 Å². The van der Waals surface area contributed by atoms with Gasteiger partial charge < -0.3 is 19.7 Å². The van der Waals surface area contributed by atoms with Crippen LogP contribution in [0.2, 0.25) is 0 Å². The summed E-state index contributed by atoms with van der Waals surface area (Å²) in [7, 11) is 0. The van der Waals surface area contributed by atoms with Crippen LogP contribution in [0.4, 0.5) is 10.5 Å². The summed E-state index contributed by atoms with van der Waals surface area (Å²) in [6.45, 7) is 6.10. The van der Waals surface area contributed by atoms with Crippen molar-refractivity contribution in [2.45, 2.75) is 70.1 Å². The molecule has 1 N–H and O–H groups in total. The summed E-state index contributed by atoms with van der Waals surface area (Å²) in [5.41, 5.74) is 2.42. The lowest BCUT2D eigenvalue weighted by atomic mass is 9.82. The van der Waals surface area contributed by atoms with Crippen LogP contribution in [0.25, 0.3) is 0 Å². The number of fused-ring (bicyclic) bond motifs is 3. The molecule has 3 aliphatic rings. The maximum atomic E-state index is 12.2. The van der Waals surface area contributed by atoms with E-state index in [2.05, 4.69) is 30.1 Å². The van der Waals surface area contributed by atoms with Gasteiger partial charge in [-0.25, -0.2) is 4.79 Å². The Morgan fingerprint density at radius 3 is 2.92 bits per heavy atom. The molecule has 0 spiro atoms. The first-order valence-corrected chi connectivity index (χ1v) is 9.63. The summed E-state index contributed by atoms with van der Waals surface area (Å²) in [6.07, 6.45) is 6.53. The average Bonchev–Trinajstić information content (AvgIpc) is 3.09. The van der Waals surface area contributed by atoms with E-state index in [1.54, 1.807) is 0 Å². The zero-order chi connectivity index (χ0) is 17.4. The number of nitrogens with one attached hydrogen (secondary N) is 1. The lowest BCUT2D eigenvalue weighted by molar-refractivity contribution is 0.0888. The Labute approximate surface area is 149 Å². The molecule has 1 aromatic rings. The van der Waals surface area contributed by atoms with E-state index in [0.29, 0.717) is 5.75 Å². The Morgan fingerprint density at radius 1 is 1.36 bits per heavy atom. The first-order chi connectivity index (χ1) is 12.1. The van der Waals surface area contributed by atoms with Gasteiger partial charge in [0, 0.05) is 23.7 Å². The van der Waals surface area contributed by atoms with Gasteiger partial charge in [0.05, 0.1) is 6.61 Å². The van der Waals surface area contributed by atoms with Crippen molar-refractivity contribution < 1.29 is 14.3 Å². The normalized spacial score (nSPS) is 28.6. The zero-order valence-corrected chi connectivity index (χ0v) is 15.2.